The van der Waals surface area contributed by atoms with Crippen molar-refractivity contribution in [3.05, 3.63) is 26.4 Å². The van der Waals surface area contributed by atoms with E-state index in [-0.39, 0.29) is 5.82 Å². The highest BCUT2D eigenvalue weighted by Gasteiger charge is 2.14. The first kappa shape index (κ1) is 9.04. The van der Waals surface area contributed by atoms with Crippen molar-refractivity contribution in [1.82, 2.24) is 9.55 Å². The summed E-state index contributed by atoms with van der Waals surface area (Å²) in [5.74, 6) is -1.20. The number of primary amides is 1. The third kappa shape index (κ3) is 1.31. The normalized spacial score (nSPS) is 9.92. The third-order valence-corrected chi connectivity index (χ3v) is 1.62. The molecule has 0 aliphatic heterocycles. The van der Waals surface area contributed by atoms with Crippen LogP contribution in [0.5, 0.6) is 0 Å². The maximum absolute atomic E-state index is 11.0. The molecule has 7 nitrogen and oxygen atoms in total. The molecule has 0 spiro atoms. The van der Waals surface area contributed by atoms with Crippen molar-refractivity contribution >= 4 is 11.7 Å². The van der Waals surface area contributed by atoms with Gasteiger partial charge in [0.05, 0.1) is 0 Å². The summed E-state index contributed by atoms with van der Waals surface area (Å²) in [6, 6.07) is 0. The van der Waals surface area contributed by atoms with Crippen LogP contribution in [0.4, 0.5) is 5.82 Å². The number of carbonyl (C=O) groups is 1. The van der Waals surface area contributed by atoms with Crippen molar-refractivity contribution in [2.24, 2.45) is 12.8 Å². The van der Waals surface area contributed by atoms with Crippen LogP contribution in [0.15, 0.2) is 9.59 Å². The first-order valence-corrected chi connectivity index (χ1v) is 3.33. The molecule has 0 radical (unpaired) electrons. The molecule has 0 aliphatic carbocycles. The first-order valence-electron chi connectivity index (χ1n) is 3.33. The van der Waals surface area contributed by atoms with Gasteiger partial charge in [-0.25, -0.2) is 4.79 Å². The standard InChI is InChI=1S/C6H8N4O3/c1-10-3(7)2(4(8)11)5(12)9-6(10)13/h7H2,1H3,(H2,8,11)(H,9,12,13). The molecule has 1 rings (SSSR count). The van der Waals surface area contributed by atoms with Crippen LogP contribution in [-0.2, 0) is 7.05 Å². The van der Waals surface area contributed by atoms with E-state index in [9.17, 15) is 14.4 Å². The van der Waals surface area contributed by atoms with Gasteiger partial charge in [0.15, 0.2) is 0 Å². The van der Waals surface area contributed by atoms with Gasteiger partial charge in [-0.2, -0.15) is 0 Å². The van der Waals surface area contributed by atoms with Crippen LogP contribution in [0.3, 0.4) is 0 Å². The van der Waals surface area contributed by atoms with E-state index in [4.69, 9.17) is 11.5 Å². The van der Waals surface area contributed by atoms with E-state index in [1.54, 1.807) is 0 Å². The summed E-state index contributed by atoms with van der Waals surface area (Å²) in [6.45, 7) is 0. The number of nitrogens with one attached hydrogen (secondary N) is 1. The van der Waals surface area contributed by atoms with Crippen LogP contribution < -0.4 is 22.7 Å². The molecule has 0 saturated carbocycles. The highest BCUT2D eigenvalue weighted by Crippen LogP contribution is 1.99. The van der Waals surface area contributed by atoms with Gasteiger partial charge in [0.1, 0.15) is 11.4 Å². The Morgan fingerprint density at radius 1 is 1.46 bits per heavy atom. The van der Waals surface area contributed by atoms with Crippen LogP contribution in [0.2, 0.25) is 0 Å². The van der Waals surface area contributed by atoms with Gasteiger partial charge >= 0.3 is 5.69 Å². The highest BCUT2D eigenvalue weighted by atomic mass is 16.2. The predicted molar refractivity (Wildman–Crippen MR) is 45.2 cm³/mol. The SMILES string of the molecule is Cn1c(N)c(C(N)=O)c(=O)[nH]c1=O. The number of rotatable bonds is 1. The molecule has 13 heavy (non-hydrogen) atoms. The number of nitrogens with zero attached hydrogens (tertiary/aromatic N) is 1. The monoisotopic (exact) mass is 184 g/mol. The summed E-state index contributed by atoms with van der Waals surface area (Å²) < 4.78 is 0.932. The van der Waals surface area contributed by atoms with Crippen molar-refractivity contribution in [3.63, 3.8) is 0 Å². The zero-order valence-corrected chi connectivity index (χ0v) is 6.83. The Morgan fingerprint density at radius 2 is 2.00 bits per heavy atom. The molecule has 1 aromatic heterocycles. The average Bonchev–Trinajstić information content (AvgIpc) is 1.99. The fourth-order valence-electron chi connectivity index (χ4n) is 0.875. The Bertz CT molecular complexity index is 470. The quantitative estimate of drug-likeness (QED) is 0.456. The Morgan fingerprint density at radius 3 is 2.46 bits per heavy atom. The zero-order chi connectivity index (χ0) is 10.2. The number of hydrogen-bond donors (Lipinski definition) is 3. The molecule has 0 aromatic carbocycles. The van der Waals surface area contributed by atoms with E-state index in [1.165, 1.54) is 7.05 Å². The van der Waals surface area contributed by atoms with E-state index in [0.717, 1.165) is 4.57 Å². The van der Waals surface area contributed by atoms with Gasteiger partial charge in [0.2, 0.25) is 0 Å². The van der Waals surface area contributed by atoms with E-state index >= 15 is 0 Å². The van der Waals surface area contributed by atoms with Gasteiger partial charge < -0.3 is 11.5 Å². The first-order chi connectivity index (χ1) is 5.95. The van der Waals surface area contributed by atoms with Crippen molar-refractivity contribution in [2.75, 3.05) is 5.73 Å². The second-order valence-corrected chi connectivity index (χ2v) is 2.44. The molecular formula is C6H8N4O3. The third-order valence-electron chi connectivity index (χ3n) is 1.62. The molecule has 5 N–H and O–H groups in total. The fourth-order valence-corrected chi connectivity index (χ4v) is 0.875. The summed E-state index contributed by atoms with van der Waals surface area (Å²) in [4.78, 5) is 34.5. The van der Waals surface area contributed by atoms with Crippen LogP contribution in [0, 0.1) is 0 Å². The number of nitrogen functional groups attached to an aromatic ring is 1. The number of H-pyrrole nitrogens is 1. The number of nitrogens with two attached hydrogens (primary N) is 2. The lowest BCUT2D eigenvalue weighted by Crippen LogP contribution is -2.36. The van der Waals surface area contributed by atoms with Gasteiger partial charge in [-0.3, -0.25) is 19.1 Å². The Kier molecular flexibility index (Phi) is 1.93. The second kappa shape index (κ2) is 2.77. The number of amides is 1. The van der Waals surface area contributed by atoms with Gasteiger partial charge in [0, 0.05) is 7.05 Å². The predicted octanol–water partition coefficient (Wildman–Crippen LogP) is -2.25. The molecule has 1 amide bonds. The molecule has 0 atom stereocenters. The molecule has 0 bridgehead atoms. The number of aromatic nitrogens is 2. The minimum Gasteiger partial charge on any atom is -0.384 e. The molecule has 0 unspecified atom stereocenters. The molecule has 1 aromatic rings. The molecule has 1 heterocycles. The molecule has 0 saturated heterocycles. The van der Waals surface area contributed by atoms with Crippen molar-refractivity contribution in [3.8, 4) is 0 Å². The number of hydrogen-bond acceptors (Lipinski definition) is 4. The Labute approximate surface area is 72.0 Å². The lowest BCUT2D eigenvalue weighted by Gasteiger charge is -2.04. The van der Waals surface area contributed by atoms with Gasteiger partial charge in [-0.05, 0) is 0 Å². The second-order valence-electron chi connectivity index (χ2n) is 2.44. The van der Waals surface area contributed by atoms with E-state index in [0.29, 0.717) is 0 Å². The smallest absolute Gasteiger partial charge is 0.329 e. The molecule has 7 heteroatoms. The van der Waals surface area contributed by atoms with Crippen LogP contribution in [0.1, 0.15) is 10.4 Å². The minimum absolute atomic E-state index is 0.235. The zero-order valence-electron chi connectivity index (χ0n) is 6.83. The van der Waals surface area contributed by atoms with Crippen molar-refractivity contribution in [2.45, 2.75) is 0 Å². The molecule has 70 valence electrons. The average molecular weight is 184 g/mol. The van der Waals surface area contributed by atoms with E-state index < -0.39 is 22.7 Å². The Hall–Kier alpha value is -2.05. The van der Waals surface area contributed by atoms with Gasteiger partial charge in [-0.15, -0.1) is 0 Å². The van der Waals surface area contributed by atoms with Gasteiger partial charge in [-0.1, -0.05) is 0 Å². The van der Waals surface area contributed by atoms with Crippen LogP contribution in [-0.4, -0.2) is 15.5 Å². The van der Waals surface area contributed by atoms with Crippen LogP contribution in [0.25, 0.3) is 0 Å². The minimum atomic E-state index is -0.964. The summed E-state index contributed by atoms with van der Waals surface area (Å²) in [7, 11) is 1.32. The summed E-state index contributed by atoms with van der Waals surface area (Å²) >= 11 is 0. The topological polar surface area (TPSA) is 124 Å². The lowest BCUT2D eigenvalue weighted by atomic mass is 10.3. The summed E-state index contributed by atoms with van der Waals surface area (Å²) in [5.41, 5.74) is 8.25. The molecule has 0 fully saturated rings. The summed E-state index contributed by atoms with van der Waals surface area (Å²) in [6.07, 6.45) is 0. The fraction of sp³-hybridized carbons (Fsp3) is 0.167. The number of aromatic amines is 1. The van der Waals surface area contributed by atoms with Crippen molar-refractivity contribution in [1.29, 1.82) is 0 Å². The number of carbonyl (C=O) groups excluding carboxylic acids is 1. The Balaban J connectivity index is 3.73. The summed E-state index contributed by atoms with van der Waals surface area (Å²) in [5, 5.41) is 0. The van der Waals surface area contributed by atoms with E-state index in [2.05, 4.69) is 0 Å². The highest BCUT2D eigenvalue weighted by molar-refractivity contribution is 5.96. The van der Waals surface area contributed by atoms with Crippen LogP contribution >= 0.6 is 0 Å². The van der Waals surface area contributed by atoms with E-state index in [1.807, 2.05) is 4.98 Å². The largest absolute Gasteiger partial charge is 0.384 e. The number of anilines is 1. The molecular weight excluding hydrogens is 176 g/mol. The maximum atomic E-state index is 11.0. The lowest BCUT2D eigenvalue weighted by molar-refractivity contribution is 0.0999. The van der Waals surface area contributed by atoms with Crippen molar-refractivity contribution < 1.29 is 4.79 Å². The molecule has 0 aliphatic rings. The maximum Gasteiger partial charge on any atom is 0.329 e. The van der Waals surface area contributed by atoms with Gasteiger partial charge in [0.25, 0.3) is 11.5 Å².